The molecule has 1 N–H and O–H groups in total. The number of aldehydes is 1. The van der Waals surface area contributed by atoms with E-state index in [2.05, 4.69) is 25.8 Å². The Morgan fingerprint density at radius 2 is 2.06 bits per heavy atom. The van der Waals surface area contributed by atoms with Crippen molar-refractivity contribution in [3.05, 3.63) is 21.1 Å². The molecule has 9 nitrogen and oxygen atoms in total. The van der Waals surface area contributed by atoms with Crippen LogP contribution in [0.1, 0.15) is 42.5 Å². The first kappa shape index (κ1) is 24.1. The van der Waals surface area contributed by atoms with E-state index in [1.54, 1.807) is 11.0 Å². The minimum atomic E-state index is -0.906. The van der Waals surface area contributed by atoms with Crippen LogP contribution in [0.4, 0.5) is 15.0 Å². The van der Waals surface area contributed by atoms with Crippen LogP contribution < -0.4 is 9.64 Å². The summed E-state index contributed by atoms with van der Waals surface area (Å²) < 4.78 is 20.8. The molecular weight excluding hydrogens is 557 g/mol. The van der Waals surface area contributed by atoms with E-state index in [-0.39, 0.29) is 35.3 Å². The average Bonchev–Trinajstić information content (AvgIpc) is 3.47. The monoisotopic (exact) mass is 581 g/mol. The summed E-state index contributed by atoms with van der Waals surface area (Å²) >= 11 is 10.0. The molecular formula is C24H26BrClFN5O4. The van der Waals surface area contributed by atoms with Crippen molar-refractivity contribution in [1.82, 2.24) is 19.8 Å². The maximum Gasteiger partial charge on any atom is 0.407 e. The third kappa shape index (κ3) is 3.81. The number of benzene rings is 1. The van der Waals surface area contributed by atoms with Gasteiger partial charge >= 0.3 is 12.1 Å². The number of carbonyl (C=O) groups is 2. The third-order valence-corrected chi connectivity index (χ3v) is 9.67. The van der Waals surface area contributed by atoms with Crippen molar-refractivity contribution in [1.29, 1.82) is 0 Å². The van der Waals surface area contributed by atoms with Crippen LogP contribution in [-0.2, 0) is 0 Å². The molecule has 4 aliphatic rings. The molecule has 5 heterocycles. The van der Waals surface area contributed by atoms with Crippen LogP contribution in [0.5, 0.6) is 6.01 Å². The lowest BCUT2D eigenvalue weighted by atomic mass is 9.95. The molecule has 0 radical (unpaired) electrons. The van der Waals surface area contributed by atoms with Crippen LogP contribution in [-0.4, -0.2) is 93.8 Å². The van der Waals surface area contributed by atoms with Gasteiger partial charge in [0.1, 0.15) is 18.6 Å². The number of carbonyl (C=O) groups excluding carboxylic acids is 1. The van der Waals surface area contributed by atoms with Gasteiger partial charge in [-0.2, -0.15) is 9.97 Å². The van der Waals surface area contributed by atoms with Crippen molar-refractivity contribution >= 4 is 56.6 Å². The first-order chi connectivity index (χ1) is 17.3. The first-order valence-electron chi connectivity index (χ1n) is 12.2. The number of anilines is 1. The zero-order chi connectivity index (χ0) is 25.2. The molecule has 1 aromatic carbocycles. The predicted molar refractivity (Wildman–Crippen MR) is 135 cm³/mol. The van der Waals surface area contributed by atoms with Gasteiger partial charge in [0, 0.05) is 41.5 Å². The van der Waals surface area contributed by atoms with Crippen LogP contribution in [0.25, 0.3) is 10.9 Å². The minimum absolute atomic E-state index is 0.140. The Kier molecular flexibility index (Phi) is 6.00. The van der Waals surface area contributed by atoms with E-state index in [1.165, 1.54) is 0 Å². The maximum atomic E-state index is 14.2. The number of rotatable bonds is 5. The van der Waals surface area contributed by atoms with E-state index >= 15 is 0 Å². The Morgan fingerprint density at radius 3 is 2.75 bits per heavy atom. The summed E-state index contributed by atoms with van der Waals surface area (Å²) in [5, 5.41) is 10.5. The fraction of sp³-hybridized carbons (Fsp3) is 0.583. The van der Waals surface area contributed by atoms with E-state index in [9.17, 15) is 19.1 Å². The highest BCUT2D eigenvalue weighted by molar-refractivity contribution is 9.10. The van der Waals surface area contributed by atoms with Crippen molar-refractivity contribution in [3.63, 3.8) is 0 Å². The van der Waals surface area contributed by atoms with Gasteiger partial charge in [-0.1, -0.05) is 11.6 Å². The van der Waals surface area contributed by atoms with Crippen molar-refractivity contribution in [2.75, 3.05) is 37.7 Å². The Bertz CT molecular complexity index is 1240. The Labute approximate surface area is 220 Å². The van der Waals surface area contributed by atoms with Gasteiger partial charge in [0.25, 0.3) is 0 Å². The van der Waals surface area contributed by atoms with E-state index < -0.39 is 12.3 Å². The van der Waals surface area contributed by atoms with Crippen LogP contribution in [0.3, 0.4) is 0 Å². The molecule has 6 rings (SSSR count). The SMILES string of the molecule is O=Cc1cc2c(N3C[C@H]4CC[C@@H](C3)N4C(=O)O)nc(OC[C@@]34CCCN3C[C@H](F)C4)nc2c(Cl)c1Br. The van der Waals surface area contributed by atoms with Gasteiger partial charge in [0.15, 0.2) is 6.29 Å². The lowest BCUT2D eigenvalue weighted by Gasteiger charge is -2.40. The highest BCUT2D eigenvalue weighted by Crippen LogP contribution is 2.42. The molecule has 36 heavy (non-hydrogen) atoms. The summed E-state index contributed by atoms with van der Waals surface area (Å²) in [6, 6.07) is 1.56. The molecule has 0 aliphatic carbocycles. The van der Waals surface area contributed by atoms with Crippen LogP contribution in [0, 0.1) is 0 Å². The topological polar surface area (TPSA) is 99.1 Å². The van der Waals surface area contributed by atoms with Crippen LogP contribution in [0.2, 0.25) is 5.02 Å². The molecule has 0 saturated carbocycles. The average molecular weight is 583 g/mol. The standard InChI is InChI=1S/C24H26BrClFN5O4/c25-18-13(11-33)6-17-20(19(18)26)28-22(36-12-24-4-1-5-31(24)8-14(27)7-24)29-21(17)30-9-15-2-3-16(10-30)32(15)23(34)35/h6,11,14-16H,1-5,7-10,12H2,(H,34,35)/t14-,15-,16+,24+/m1/s1. The molecule has 4 aliphatic heterocycles. The van der Waals surface area contributed by atoms with E-state index in [0.29, 0.717) is 52.8 Å². The predicted octanol–water partition coefficient (Wildman–Crippen LogP) is 4.14. The number of hydrogen-bond donors (Lipinski definition) is 1. The van der Waals surface area contributed by atoms with Crippen molar-refractivity contribution in [2.45, 2.75) is 55.9 Å². The van der Waals surface area contributed by atoms with Crippen molar-refractivity contribution in [3.8, 4) is 6.01 Å². The fourth-order valence-corrected chi connectivity index (χ4v) is 7.26. The second kappa shape index (κ2) is 8.95. The van der Waals surface area contributed by atoms with E-state index in [0.717, 1.165) is 38.5 Å². The van der Waals surface area contributed by atoms with Gasteiger partial charge in [0.05, 0.1) is 28.2 Å². The number of ether oxygens (including phenoxy) is 1. The van der Waals surface area contributed by atoms with E-state index in [4.69, 9.17) is 21.3 Å². The molecule has 2 bridgehead atoms. The van der Waals surface area contributed by atoms with Gasteiger partial charge < -0.3 is 14.7 Å². The summed E-state index contributed by atoms with van der Waals surface area (Å²) in [6.45, 7) is 2.51. The van der Waals surface area contributed by atoms with Crippen LogP contribution in [0.15, 0.2) is 10.5 Å². The molecule has 4 fully saturated rings. The number of halogens is 3. The third-order valence-electron chi connectivity index (χ3n) is 8.22. The molecule has 0 spiro atoms. The largest absolute Gasteiger partial charge is 0.465 e. The number of carboxylic acid groups (broad SMARTS) is 1. The second-order valence-electron chi connectivity index (χ2n) is 10.3. The van der Waals surface area contributed by atoms with Crippen molar-refractivity contribution in [2.24, 2.45) is 0 Å². The van der Waals surface area contributed by atoms with Gasteiger partial charge in [-0.05, 0) is 54.2 Å². The molecule has 1 aromatic heterocycles. The van der Waals surface area contributed by atoms with E-state index in [1.807, 2.05) is 4.90 Å². The summed E-state index contributed by atoms with van der Waals surface area (Å²) in [5.41, 5.74) is 0.465. The Hall–Kier alpha value is -2.24. The smallest absolute Gasteiger partial charge is 0.407 e. The van der Waals surface area contributed by atoms with Gasteiger partial charge in [0.2, 0.25) is 0 Å². The molecule has 1 amide bonds. The lowest BCUT2D eigenvalue weighted by molar-refractivity contribution is 0.107. The number of fused-ring (bicyclic) bond motifs is 4. The number of nitrogens with zero attached hydrogens (tertiary/aromatic N) is 5. The zero-order valence-corrected chi connectivity index (χ0v) is 21.8. The summed E-state index contributed by atoms with van der Waals surface area (Å²) in [6.07, 6.45) is 2.82. The molecule has 12 heteroatoms. The highest BCUT2D eigenvalue weighted by atomic mass is 79.9. The first-order valence-corrected chi connectivity index (χ1v) is 13.4. The normalized spacial score (nSPS) is 29.7. The number of aromatic nitrogens is 2. The number of alkyl halides is 1. The summed E-state index contributed by atoms with van der Waals surface area (Å²) in [7, 11) is 0. The summed E-state index contributed by atoms with van der Waals surface area (Å²) in [4.78, 5) is 38.6. The fourth-order valence-electron chi connectivity index (χ4n) is 6.61. The van der Waals surface area contributed by atoms with Gasteiger partial charge in [-0.25, -0.2) is 9.18 Å². The van der Waals surface area contributed by atoms with Crippen LogP contribution >= 0.6 is 27.5 Å². The molecule has 4 atom stereocenters. The van der Waals surface area contributed by atoms with Crippen molar-refractivity contribution < 1.29 is 23.8 Å². The number of hydrogen-bond acceptors (Lipinski definition) is 7. The molecule has 0 unspecified atom stereocenters. The Morgan fingerprint density at radius 1 is 1.31 bits per heavy atom. The number of piperazine rings is 1. The lowest BCUT2D eigenvalue weighted by Crippen LogP contribution is -2.55. The molecule has 2 aromatic rings. The molecule has 4 saturated heterocycles. The zero-order valence-electron chi connectivity index (χ0n) is 19.5. The summed E-state index contributed by atoms with van der Waals surface area (Å²) in [5.74, 6) is 0.560. The quantitative estimate of drug-likeness (QED) is 0.525. The molecule has 192 valence electrons. The highest BCUT2D eigenvalue weighted by Gasteiger charge is 2.49. The van der Waals surface area contributed by atoms with Gasteiger partial charge in [-0.15, -0.1) is 0 Å². The maximum absolute atomic E-state index is 14.2. The minimum Gasteiger partial charge on any atom is -0.465 e. The second-order valence-corrected chi connectivity index (χ2v) is 11.5. The number of amides is 1. The Balaban J connectivity index is 1.39. The van der Waals surface area contributed by atoms with Gasteiger partial charge in [-0.3, -0.25) is 14.6 Å².